The number of pyridine rings is 1. The molecular formula is C28H34N6. The van der Waals surface area contributed by atoms with E-state index in [1.54, 1.807) is 0 Å². The molecule has 3 N–H and O–H groups in total. The van der Waals surface area contributed by atoms with Gasteiger partial charge in [-0.25, -0.2) is 4.98 Å². The molecule has 176 valence electrons. The average Bonchev–Trinajstić information content (AvgIpc) is 3.14. The molecule has 6 nitrogen and oxygen atoms in total. The molecule has 2 bridgehead atoms. The van der Waals surface area contributed by atoms with Crippen molar-refractivity contribution in [1.29, 1.82) is 0 Å². The Bertz CT molecular complexity index is 1300. The third-order valence-electron chi connectivity index (χ3n) is 6.33. The minimum absolute atomic E-state index is 0.729. The second-order valence-corrected chi connectivity index (χ2v) is 8.92. The number of imidazole rings is 1. The van der Waals surface area contributed by atoms with Crippen LogP contribution in [-0.4, -0.2) is 27.3 Å². The van der Waals surface area contributed by atoms with Crippen LogP contribution in [0, 0.1) is 6.92 Å². The molecule has 34 heavy (non-hydrogen) atoms. The second kappa shape index (κ2) is 10.1. The van der Waals surface area contributed by atoms with Crippen LogP contribution in [0.25, 0.3) is 28.4 Å². The van der Waals surface area contributed by atoms with E-state index in [0.29, 0.717) is 0 Å². The van der Waals surface area contributed by atoms with E-state index >= 15 is 0 Å². The van der Waals surface area contributed by atoms with Gasteiger partial charge < -0.3 is 15.6 Å². The number of rotatable bonds is 1. The molecule has 4 rings (SSSR count). The smallest absolute Gasteiger partial charge is 0.208 e. The number of hydrogen-bond acceptors (Lipinski definition) is 5. The van der Waals surface area contributed by atoms with Crippen LogP contribution in [0.2, 0.25) is 0 Å². The zero-order valence-corrected chi connectivity index (χ0v) is 20.5. The van der Waals surface area contributed by atoms with E-state index in [1.807, 2.05) is 45.2 Å². The Morgan fingerprint density at radius 1 is 1.15 bits per heavy atom. The molecule has 0 fully saturated rings. The van der Waals surface area contributed by atoms with Crippen molar-refractivity contribution in [3.63, 3.8) is 0 Å². The van der Waals surface area contributed by atoms with E-state index in [9.17, 15) is 0 Å². The van der Waals surface area contributed by atoms with E-state index in [-0.39, 0.29) is 0 Å². The van der Waals surface area contributed by atoms with E-state index in [4.69, 9.17) is 15.7 Å². The van der Waals surface area contributed by atoms with Crippen LogP contribution in [0.15, 0.2) is 54.2 Å². The van der Waals surface area contributed by atoms with Gasteiger partial charge in [0.2, 0.25) is 5.95 Å². The Balaban J connectivity index is 1.82. The molecule has 1 aromatic carbocycles. The molecule has 0 amide bonds. The SMILES string of the molecule is C=Cc1ccc2nc3n(c2c1)CCCCCCC(=NC)C(=C(C)N)c1cc(cc(C)n1)C(=C)N3. The molecule has 0 radical (unpaired) electrons. The molecule has 0 spiro atoms. The molecule has 0 saturated heterocycles. The number of anilines is 1. The number of aromatic nitrogens is 3. The molecule has 2 aromatic heterocycles. The molecular weight excluding hydrogens is 420 g/mol. The summed E-state index contributed by atoms with van der Waals surface area (Å²) in [6.07, 6.45) is 7.14. The molecule has 0 saturated carbocycles. The third kappa shape index (κ3) is 4.81. The lowest BCUT2D eigenvalue weighted by molar-refractivity contribution is 0.589. The number of nitrogens with one attached hydrogen (secondary N) is 1. The van der Waals surface area contributed by atoms with Gasteiger partial charge in [0.1, 0.15) is 0 Å². The number of hydrogen-bond donors (Lipinski definition) is 2. The van der Waals surface area contributed by atoms with Gasteiger partial charge in [0, 0.05) is 47.5 Å². The number of nitrogens with two attached hydrogens (primary N) is 1. The first kappa shape index (κ1) is 23.5. The highest BCUT2D eigenvalue weighted by Crippen LogP contribution is 2.28. The van der Waals surface area contributed by atoms with E-state index in [0.717, 1.165) is 101 Å². The minimum atomic E-state index is 0.729. The highest BCUT2D eigenvalue weighted by molar-refractivity contribution is 6.24. The second-order valence-electron chi connectivity index (χ2n) is 8.92. The van der Waals surface area contributed by atoms with Crippen molar-refractivity contribution in [2.45, 2.75) is 52.5 Å². The zero-order valence-electron chi connectivity index (χ0n) is 20.5. The molecule has 1 aliphatic rings. The molecule has 0 unspecified atom stereocenters. The maximum atomic E-state index is 6.35. The quantitative estimate of drug-likeness (QED) is 0.459. The summed E-state index contributed by atoms with van der Waals surface area (Å²) < 4.78 is 2.26. The Labute approximate surface area is 202 Å². The number of nitrogens with zero attached hydrogens (tertiary/aromatic N) is 4. The number of benzene rings is 1. The fourth-order valence-electron chi connectivity index (χ4n) is 4.61. The highest BCUT2D eigenvalue weighted by atomic mass is 15.2. The normalized spacial score (nSPS) is 18.1. The zero-order chi connectivity index (χ0) is 24.2. The van der Waals surface area contributed by atoms with E-state index < -0.39 is 0 Å². The van der Waals surface area contributed by atoms with Crippen LogP contribution >= 0.6 is 0 Å². The Hall–Kier alpha value is -3.67. The van der Waals surface area contributed by atoms with Crippen molar-refractivity contribution < 1.29 is 0 Å². The predicted octanol–water partition coefficient (Wildman–Crippen LogP) is 6.19. The van der Waals surface area contributed by atoms with Crippen LogP contribution < -0.4 is 11.1 Å². The van der Waals surface area contributed by atoms with E-state index in [1.165, 1.54) is 0 Å². The van der Waals surface area contributed by atoms with Gasteiger partial charge in [-0.3, -0.25) is 9.98 Å². The standard InChI is InChI=1S/C28H34N6/c1-6-21-12-13-23-26(16-21)34-14-10-8-7-9-11-24(30-5)27(19(3)29)25-17-22(15-18(2)31-25)20(4)32-28(34)33-23/h6,12-13,15-17H,1,4,7-11,14,29H2,2-3,5H3,(H,32,33). The van der Waals surface area contributed by atoms with Crippen LogP contribution in [0.5, 0.6) is 0 Å². The molecule has 0 atom stereocenters. The summed E-state index contributed by atoms with van der Waals surface area (Å²) in [5.41, 5.74) is 15.6. The largest absolute Gasteiger partial charge is 0.402 e. The fraction of sp³-hybridized carbons (Fsp3) is 0.321. The maximum absolute atomic E-state index is 6.35. The number of aliphatic imine (C=N–C) groups is 1. The van der Waals surface area contributed by atoms with Crippen molar-refractivity contribution in [1.82, 2.24) is 14.5 Å². The molecule has 3 heterocycles. The topological polar surface area (TPSA) is 81.1 Å². The Morgan fingerprint density at radius 3 is 2.68 bits per heavy atom. The fourth-order valence-corrected chi connectivity index (χ4v) is 4.61. The number of fused-ring (bicyclic) bond motifs is 5. The van der Waals surface area contributed by atoms with Gasteiger partial charge >= 0.3 is 0 Å². The van der Waals surface area contributed by atoms with E-state index in [2.05, 4.69) is 40.2 Å². The first-order valence-corrected chi connectivity index (χ1v) is 11.9. The lowest BCUT2D eigenvalue weighted by Crippen LogP contribution is -2.12. The number of aryl methyl sites for hydroxylation is 2. The van der Waals surface area contributed by atoms with Gasteiger partial charge in [-0.2, -0.15) is 0 Å². The number of allylic oxidation sites excluding steroid dienone is 2. The molecule has 6 heteroatoms. The summed E-state index contributed by atoms with van der Waals surface area (Å²) in [4.78, 5) is 14.3. The summed E-state index contributed by atoms with van der Waals surface area (Å²) in [5, 5.41) is 3.49. The lowest BCUT2D eigenvalue weighted by Gasteiger charge is -2.16. The van der Waals surface area contributed by atoms with Crippen LogP contribution in [0.3, 0.4) is 0 Å². The lowest BCUT2D eigenvalue weighted by atomic mass is 9.97. The first-order chi connectivity index (χ1) is 16.4. The Morgan fingerprint density at radius 2 is 1.94 bits per heavy atom. The van der Waals surface area contributed by atoms with Crippen LogP contribution in [0.4, 0.5) is 5.95 Å². The minimum Gasteiger partial charge on any atom is -0.402 e. The monoisotopic (exact) mass is 454 g/mol. The summed E-state index contributed by atoms with van der Waals surface area (Å²) in [5.74, 6) is 0.800. The van der Waals surface area contributed by atoms with Crippen molar-refractivity contribution in [2.24, 2.45) is 10.7 Å². The third-order valence-corrected chi connectivity index (χ3v) is 6.33. The summed E-state index contributed by atoms with van der Waals surface area (Å²) in [6, 6.07) is 10.3. The van der Waals surface area contributed by atoms with Crippen molar-refractivity contribution in [3.05, 3.63) is 71.7 Å². The highest BCUT2D eigenvalue weighted by Gasteiger charge is 2.18. The van der Waals surface area contributed by atoms with Gasteiger partial charge in [-0.05, 0) is 62.9 Å². The van der Waals surface area contributed by atoms with Gasteiger partial charge in [0.05, 0.1) is 16.7 Å². The van der Waals surface area contributed by atoms with Crippen molar-refractivity contribution >= 4 is 40.0 Å². The van der Waals surface area contributed by atoms with Crippen molar-refractivity contribution in [2.75, 3.05) is 12.4 Å². The maximum Gasteiger partial charge on any atom is 0.208 e. The average molecular weight is 455 g/mol. The first-order valence-electron chi connectivity index (χ1n) is 11.9. The molecule has 0 aliphatic carbocycles. The van der Waals surface area contributed by atoms with Crippen LogP contribution in [-0.2, 0) is 6.54 Å². The van der Waals surface area contributed by atoms with Gasteiger partial charge in [-0.15, -0.1) is 0 Å². The molecule has 3 aromatic rings. The summed E-state index contributed by atoms with van der Waals surface area (Å²) in [6.45, 7) is 13.1. The predicted molar refractivity (Wildman–Crippen MR) is 145 cm³/mol. The molecule has 1 aliphatic heterocycles. The van der Waals surface area contributed by atoms with Gasteiger partial charge in [0.15, 0.2) is 0 Å². The van der Waals surface area contributed by atoms with Crippen LogP contribution in [0.1, 0.15) is 61.5 Å². The van der Waals surface area contributed by atoms with Gasteiger partial charge in [0.25, 0.3) is 0 Å². The summed E-state index contributed by atoms with van der Waals surface area (Å²) in [7, 11) is 1.84. The van der Waals surface area contributed by atoms with Gasteiger partial charge in [-0.1, -0.05) is 38.1 Å². The van der Waals surface area contributed by atoms with Crippen molar-refractivity contribution in [3.8, 4) is 0 Å². The summed E-state index contributed by atoms with van der Waals surface area (Å²) >= 11 is 0. The Kier molecular flexibility index (Phi) is 6.96.